The number of nitrogens with one attached hydrogen (secondary N) is 2. The van der Waals surface area contributed by atoms with E-state index in [1.54, 1.807) is 0 Å². The van der Waals surface area contributed by atoms with Gasteiger partial charge in [0.1, 0.15) is 10.8 Å². The Labute approximate surface area is 182 Å². The molecule has 2 nitrogen and oxygen atoms in total. The van der Waals surface area contributed by atoms with Crippen LogP contribution in [-0.2, 0) is 0 Å². The number of anilines is 2. The zero-order valence-corrected chi connectivity index (χ0v) is 18.4. The van der Waals surface area contributed by atoms with Gasteiger partial charge in [0.25, 0.3) is 0 Å². The van der Waals surface area contributed by atoms with Crippen LogP contribution in [0, 0.1) is 23.6 Å². The zero-order chi connectivity index (χ0) is 21.0. The first-order valence-electron chi connectivity index (χ1n) is 10.3. The van der Waals surface area contributed by atoms with Crippen LogP contribution in [0.4, 0.5) is 20.2 Å². The van der Waals surface area contributed by atoms with Gasteiger partial charge in [-0.2, -0.15) is 0 Å². The molecule has 1 saturated carbocycles. The van der Waals surface area contributed by atoms with E-state index in [-0.39, 0.29) is 27.3 Å². The van der Waals surface area contributed by atoms with Crippen molar-refractivity contribution in [3.63, 3.8) is 0 Å². The third kappa shape index (κ3) is 5.16. The van der Waals surface area contributed by atoms with E-state index in [2.05, 4.69) is 16.7 Å². The molecule has 0 saturated heterocycles. The van der Waals surface area contributed by atoms with Crippen molar-refractivity contribution >= 4 is 34.6 Å². The molecule has 6 heteroatoms. The fourth-order valence-electron chi connectivity index (χ4n) is 3.71. The predicted octanol–water partition coefficient (Wildman–Crippen LogP) is 7.94. The summed E-state index contributed by atoms with van der Waals surface area (Å²) in [5.74, 6) is -0.531. The van der Waals surface area contributed by atoms with Gasteiger partial charge < -0.3 is 10.6 Å². The maximum atomic E-state index is 15.0. The Bertz CT molecular complexity index is 851. The van der Waals surface area contributed by atoms with Gasteiger partial charge in [-0.3, -0.25) is 0 Å². The minimum Gasteiger partial charge on any atom is -0.381 e. The van der Waals surface area contributed by atoms with Crippen LogP contribution in [0.5, 0.6) is 0 Å². The molecule has 1 radical (unpaired) electrons. The van der Waals surface area contributed by atoms with Crippen molar-refractivity contribution in [1.29, 1.82) is 0 Å². The van der Waals surface area contributed by atoms with Crippen LogP contribution in [0.2, 0.25) is 10.0 Å². The van der Waals surface area contributed by atoms with E-state index in [1.165, 1.54) is 37.5 Å². The largest absolute Gasteiger partial charge is 0.381 e. The fourth-order valence-corrected chi connectivity index (χ4v) is 4.24. The summed E-state index contributed by atoms with van der Waals surface area (Å²) in [5, 5.41) is 6.41. The highest BCUT2D eigenvalue weighted by Crippen LogP contribution is 2.40. The summed E-state index contributed by atoms with van der Waals surface area (Å²) >= 11 is 12.7. The first kappa shape index (κ1) is 22.2. The monoisotopic (exact) mass is 439 g/mol. The van der Waals surface area contributed by atoms with Crippen molar-refractivity contribution < 1.29 is 8.78 Å². The molecule has 29 heavy (non-hydrogen) atoms. The summed E-state index contributed by atoms with van der Waals surface area (Å²) < 4.78 is 29.5. The first-order valence-corrected chi connectivity index (χ1v) is 11.1. The van der Waals surface area contributed by atoms with Crippen molar-refractivity contribution in [1.82, 2.24) is 0 Å². The minimum absolute atomic E-state index is 0.0418. The number of hydrogen-bond donors (Lipinski definition) is 2. The number of rotatable bonds is 7. The maximum absolute atomic E-state index is 15.0. The predicted molar refractivity (Wildman–Crippen MR) is 119 cm³/mol. The van der Waals surface area contributed by atoms with E-state index in [0.717, 1.165) is 19.3 Å². The van der Waals surface area contributed by atoms with Gasteiger partial charge in [0, 0.05) is 29.8 Å². The number of hydrogen-bond acceptors (Lipinski definition) is 2. The zero-order valence-electron chi connectivity index (χ0n) is 16.8. The summed E-state index contributed by atoms with van der Waals surface area (Å²) in [6, 6.07) is 7.44. The Hall–Kier alpha value is -1.52. The van der Waals surface area contributed by atoms with E-state index in [1.807, 2.05) is 13.8 Å². The van der Waals surface area contributed by atoms with E-state index in [4.69, 9.17) is 23.2 Å². The molecule has 0 aliphatic heterocycles. The van der Waals surface area contributed by atoms with Gasteiger partial charge in [0.05, 0.1) is 16.4 Å². The Kier molecular flexibility index (Phi) is 7.64. The molecule has 0 bridgehead atoms. The topological polar surface area (TPSA) is 24.1 Å². The van der Waals surface area contributed by atoms with Crippen LogP contribution in [0.25, 0.3) is 11.1 Å². The lowest BCUT2D eigenvalue weighted by molar-refractivity contribution is 0.373. The molecule has 157 valence electrons. The summed E-state index contributed by atoms with van der Waals surface area (Å²) in [7, 11) is 0. The van der Waals surface area contributed by atoms with Crippen LogP contribution in [0.3, 0.4) is 0 Å². The standard InChI is InChI=1S/C23H27Cl2F2N2/c1-3-14(2)29-19-12-10-17(22(27)21(19)25)16-9-11-18(26)23(20(16)24)28-13-15-7-5-4-6-8-15/h9-11,14-15,28-29H,3-8,13H2,1-2H3. The quantitative estimate of drug-likeness (QED) is 0.457. The molecule has 0 heterocycles. The van der Waals surface area contributed by atoms with Crippen molar-refractivity contribution in [2.45, 2.75) is 58.4 Å². The van der Waals surface area contributed by atoms with Crippen molar-refractivity contribution in [2.24, 2.45) is 5.92 Å². The lowest BCUT2D eigenvalue weighted by Gasteiger charge is -2.23. The highest BCUT2D eigenvalue weighted by molar-refractivity contribution is 6.36. The van der Waals surface area contributed by atoms with E-state index in [9.17, 15) is 4.39 Å². The normalized spacial score (nSPS) is 15.9. The summed E-state index contributed by atoms with van der Waals surface area (Å²) in [6.45, 7) is 4.67. The Morgan fingerprint density at radius 2 is 1.83 bits per heavy atom. The van der Waals surface area contributed by atoms with E-state index >= 15 is 4.39 Å². The highest BCUT2D eigenvalue weighted by atomic mass is 35.5. The molecule has 1 atom stereocenters. The average molecular weight is 440 g/mol. The summed E-state index contributed by atoms with van der Waals surface area (Å²) in [6.07, 6.45) is 6.82. The second kappa shape index (κ2) is 9.99. The molecular weight excluding hydrogens is 413 g/mol. The molecule has 1 fully saturated rings. The SMILES string of the molecule is CCC(C)Nc1[c]cc(-c2ccc(F)c(NCC3CCCCC3)c2Cl)c(F)c1Cl. The van der Waals surface area contributed by atoms with Crippen molar-refractivity contribution in [3.05, 3.63) is 45.9 Å². The average Bonchev–Trinajstić information content (AvgIpc) is 2.73. The van der Waals surface area contributed by atoms with Crippen LogP contribution in [0.15, 0.2) is 18.2 Å². The van der Waals surface area contributed by atoms with Crippen molar-refractivity contribution in [3.8, 4) is 11.1 Å². The molecule has 1 aliphatic carbocycles. The molecule has 1 aliphatic rings. The molecule has 2 aromatic rings. The second-order valence-electron chi connectivity index (χ2n) is 7.83. The maximum Gasteiger partial charge on any atom is 0.151 e. The molecule has 0 aromatic heterocycles. The van der Waals surface area contributed by atoms with Gasteiger partial charge in [-0.15, -0.1) is 0 Å². The molecule has 0 amide bonds. The lowest BCUT2D eigenvalue weighted by Crippen LogP contribution is -2.18. The van der Waals surface area contributed by atoms with Gasteiger partial charge in [-0.1, -0.05) is 49.4 Å². The molecular formula is C23H27Cl2F2N2. The minimum atomic E-state index is -0.594. The van der Waals surface area contributed by atoms with E-state index < -0.39 is 11.6 Å². The molecule has 2 N–H and O–H groups in total. The summed E-state index contributed by atoms with van der Waals surface area (Å²) in [5.41, 5.74) is 1.23. The van der Waals surface area contributed by atoms with E-state index in [0.29, 0.717) is 23.7 Å². The third-order valence-electron chi connectivity index (χ3n) is 5.69. The van der Waals surface area contributed by atoms with Gasteiger partial charge in [-0.05, 0) is 50.3 Å². The number of benzene rings is 2. The fraction of sp³-hybridized carbons (Fsp3) is 0.478. The molecule has 2 aromatic carbocycles. The molecule has 3 rings (SSSR count). The smallest absolute Gasteiger partial charge is 0.151 e. The molecule has 1 unspecified atom stereocenters. The van der Waals surface area contributed by atoms with Gasteiger partial charge >= 0.3 is 0 Å². The highest BCUT2D eigenvalue weighted by Gasteiger charge is 2.21. The van der Waals surface area contributed by atoms with Gasteiger partial charge in [0.15, 0.2) is 5.82 Å². The lowest BCUT2D eigenvalue weighted by atomic mass is 9.89. The second-order valence-corrected chi connectivity index (χ2v) is 8.58. The van der Waals surface area contributed by atoms with Crippen LogP contribution in [0.1, 0.15) is 52.4 Å². The Balaban J connectivity index is 1.88. The Morgan fingerprint density at radius 1 is 1.10 bits per heavy atom. The van der Waals surface area contributed by atoms with Crippen molar-refractivity contribution in [2.75, 3.05) is 17.2 Å². The molecule has 0 spiro atoms. The van der Waals surface area contributed by atoms with Crippen LogP contribution >= 0.6 is 23.2 Å². The van der Waals surface area contributed by atoms with Crippen LogP contribution in [-0.4, -0.2) is 12.6 Å². The number of halogens is 4. The Morgan fingerprint density at radius 3 is 2.52 bits per heavy atom. The summed E-state index contributed by atoms with van der Waals surface area (Å²) in [4.78, 5) is 0. The van der Waals surface area contributed by atoms with Gasteiger partial charge in [-0.25, -0.2) is 8.78 Å². The van der Waals surface area contributed by atoms with Crippen LogP contribution < -0.4 is 10.6 Å². The third-order valence-corrected chi connectivity index (χ3v) is 6.43. The first-order chi connectivity index (χ1) is 13.9. The van der Waals surface area contributed by atoms with Gasteiger partial charge in [0.2, 0.25) is 0 Å².